The number of aliphatic imine (C=N–C) groups is 1. The van der Waals surface area contributed by atoms with E-state index in [9.17, 15) is 0 Å². The second-order valence-corrected chi connectivity index (χ2v) is 10.0. The van der Waals surface area contributed by atoms with Crippen LogP contribution in [0, 0.1) is 6.92 Å². The molecule has 1 saturated carbocycles. The van der Waals surface area contributed by atoms with Gasteiger partial charge < -0.3 is 9.64 Å². The van der Waals surface area contributed by atoms with Crippen LogP contribution in [0.1, 0.15) is 104 Å². The van der Waals surface area contributed by atoms with Crippen LogP contribution in [0.4, 0.5) is 0 Å². The molecule has 1 heterocycles. The molecule has 1 aromatic rings. The van der Waals surface area contributed by atoms with Gasteiger partial charge in [-0.1, -0.05) is 39.5 Å². The Bertz CT molecular complexity index is 691. The summed E-state index contributed by atoms with van der Waals surface area (Å²) in [5.74, 6) is 0.978. The van der Waals surface area contributed by atoms with E-state index in [0.717, 1.165) is 5.75 Å². The van der Waals surface area contributed by atoms with Gasteiger partial charge in [0, 0.05) is 0 Å². The highest BCUT2D eigenvalue weighted by molar-refractivity contribution is 5.66. The van der Waals surface area contributed by atoms with Crippen LogP contribution in [0.3, 0.4) is 0 Å². The summed E-state index contributed by atoms with van der Waals surface area (Å²) in [5.41, 5.74) is 4.21. The van der Waals surface area contributed by atoms with Crippen molar-refractivity contribution < 1.29 is 4.74 Å². The van der Waals surface area contributed by atoms with Crippen LogP contribution < -0.4 is 4.74 Å². The first-order chi connectivity index (χ1) is 13.0. The summed E-state index contributed by atoms with van der Waals surface area (Å²) in [6.07, 6.45) is 9.71. The highest BCUT2D eigenvalue weighted by Crippen LogP contribution is 2.56. The van der Waals surface area contributed by atoms with Gasteiger partial charge in [-0.25, -0.2) is 0 Å². The minimum absolute atomic E-state index is 0.0578. The van der Waals surface area contributed by atoms with Crippen LogP contribution in [-0.4, -0.2) is 23.9 Å². The zero-order valence-corrected chi connectivity index (χ0v) is 19.8. The molecule has 3 rings (SSSR count). The molecular weight excluding hydrogens is 344 g/mol. The third-order valence-corrected chi connectivity index (χ3v) is 5.96. The fourth-order valence-electron chi connectivity index (χ4n) is 4.97. The quantitative estimate of drug-likeness (QED) is 0.405. The fraction of sp³-hybridized carbons (Fsp3) is 0.720. The molecule has 0 amide bonds. The third-order valence-electron chi connectivity index (χ3n) is 5.96. The molecule has 158 valence electrons. The molecule has 2 aliphatic rings. The standard InChI is InChI=1S/C22H34N2O.C3H8/c1-16-13-17(25-7)14-18-19(16)21(5,6)24(15-23-20(2,3)4)22(18)11-9-8-10-12-22;1-3-2/h13-15H,8-12H2,1-7H3;3H2,1-2H3. The van der Waals surface area contributed by atoms with Crippen LogP contribution in [0.15, 0.2) is 17.1 Å². The van der Waals surface area contributed by atoms with E-state index in [1.807, 2.05) is 0 Å². The predicted octanol–water partition coefficient (Wildman–Crippen LogP) is 6.96. The maximum atomic E-state index is 5.62. The summed E-state index contributed by atoms with van der Waals surface area (Å²) in [5, 5.41) is 0. The molecule has 1 spiro atoms. The summed E-state index contributed by atoms with van der Waals surface area (Å²) in [6.45, 7) is 17.7. The summed E-state index contributed by atoms with van der Waals surface area (Å²) in [4.78, 5) is 7.48. The molecule has 1 aliphatic heterocycles. The van der Waals surface area contributed by atoms with E-state index in [2.05, 4.69) is 78.8 Å². The van der Waals surface area contributed by atoms with E-state index in [-0.39, 0.29) is 16.6 Å². The summed E-state index contributed by atoms with van der Waals surface area (Å²) in [7, 11) is 1.77. The molecular formula is C25H42N2O. The number of ether oxygens (including phenoxy) is 1. The summed E-state index contributed by atoms with van der Waals surface area (Å²) < 4.78 is 5.62. The van der Waals surface area contributed by atoms with Crippen molar-refractivity contribution in [2.75, 3.05) is 7.11 Å². The second kappa shape index (κ2) is 8.47. The number of hydrogen-bond acceptors (Lipinski definition) is 2. The van der Waals surface area contributed by atoms with Gasteiger partial charge in [0.05, 0.1) is 30.1 Å². The maximum Gasteiger partial charge on any atom is 0.119 e. The average molecular weight is 387 g/mol. The molecule has 3 nitrogen and oxygen atoms in total. The van der Waals surface area contributed by atoms with E-state index in [0.29, 0.717) is 0 Å². The lowest BCUT2D eigenvalue weighted by Gasteiger charge is -2.46. The molecule has 1 aromatic carbocycles. The van der Waals surface area contributed by atoms with Gasteiger partial charge in [0.25, 0.3) is 0 Å². The SMILES string of the molecule is CCC.COc1cc(C)c2c(c1)C1(CCCCC1)N(C=NC(C)(C)C)C2(C)C. The van der Waals surface area contributed by atoms with E-state index < -0.39 is 0 Å². The van der Waals surface area contributed by atoms with Crippen molar-refractivity contribution in [1.29, 1.82) is 0 Å². The number of benzene rings is 1. The van der Waals surface area contributed by atoms with Gasteiger partial charge in [0.2, 0.25) is 0 Å². The first-order valence-electron chi connectivity index (χ1n) is 11.1. The number of aryl methyl sites for hydroxylation is 1. The van der Waals surface area contributed by atoms with Gasteiger partial charge in [0.15, 0.2) is 0 Å². The smallest absolute Gasteiger partial charge is 0.119 e. The first kappa shape index (κ1) is 22.8. The molecule has 0 saturated heterocycles. The lowest BCUT2D eigenvalue weighted by molar-refractivity contribution is 0.0678. The van der Waals surface area contributed by atoms with E-state index in [1.54, 1.807) is 7.11 Å². The zero-order valence-electron chi connectivity index (χ0n) is 19.8. The van der Waals surface area contributed by atoms with Crippen molar-refractivity contribution in [3.63, 3.8) is 0 Å². The maximum absolute atomic E-state index is 5.62. The minimum Gasteiger partial charge on any atom is -0.497 e. The van der Waals surface area contributed by atoms with Crippen LogP contribution >= 0.6 is 0 Å². The molecule has 1 aliphatic carbocycles. The third kappa shape index (κ3) is 4.23. The number of hydrogen-bond donors (Lipinski definition) is 0. The van der Waals surface area contributed by atoms with E-state index in [4.69, 9.17) is 9.73 Å². The highest BCUT2D eigenvalue weighted by Gasteiger charge is 2.54. The van der Waals surface area contributed by atoms with Gasteiger partial charge in [-0.15, -0.1) is 0 Å². The van der Waals surface area contributed by atoms with Crippen LogP contribution in [0.5, 0.6) is 5.75 Å². The van der Waals surface area contributed by atoms with Gasteiger partial charge in [-0.05, 0) is 83.2 Å². The van der Waals surface area contributed by atoms with E-state index in [1.165, 1.54) is 55.2 Å². The first-order valence-corrected chi connectivity index (χ1v) is 11.1. The molecule has 0 aromatic heterocycles. The van der Waals surface area contributed by atoms with Crippen molar-refractivity contribution in [2.24, 2.45) is 4.99 Å². The largest absolute Gasteiger partial charge is 0.497 e. The Labute approximate surface area is 173 Å². The average Bonchev–Trinajstić information content (AvgIpc) is 2.78. The fourth-order valence-corrected chi connectivity index (χ4v) is 4.97. The highest BCUT2D eigenvalue weighted by atomic mass is 16.5. The van der Waals surface area contributed by atoms with Crippen molar-refractivity contribution in [3.8, 4) is 5.75 Å². The number of fused-ring (bicyclic) bond motifs is 2. The van der Waals surface area contributed by atoms with Crippen molar-refractivity contribution in [1.82, 2.24) is 4.90 Å². The predicted molar refractivity (Wildman–Crippen MR) is 122 cm³/mol. The topological polar surface area (TPSA) is 24.8 Å². The molecule has 0 radical (unpaired) electrons. The summed E-state index contributed by atoms with van der Waals surface area (Å²) in [6, 6.07) is 4.47. The Morgan fingerprint density at radius 3 is 2.18 bits per heavy atom. The van der Waals surface area contributed by atoms with Gasteiger partial charge in [-0.2, -0.15) is 0 Å². The van der Waals surface area contributed by atoms with Gasteiger partial charge in [0.1, 0.15) is 5.75 Å². The minimum atomic E-state index is -0.0621. The van der Waals surface area contributed by atoms with Crippen LogP contribution in [0.2, 0.25) is 0 Å². The Hall–Kier alpha value is -1.51. The Balaban J connectivity index is 0.000000878. The van der Waals surface area contributed by atoms with Crippen molar-refractivity contribution >= 4 is 6.34 Å². The van der Waals surface area contributed by atoms with Crippen LogP contribution in [0.25, 0.3) is 0 Å². The molecule has 0 unspecified atom stereocenters. The number of rotatable bonds is 2. The molecule has 0 bridgehead atoms. The zero-order chi connectivity index (χ0) is 21.2. The van der Waals surface area contributed by atoms with Crippen LogP contribution in [-0.2, 0) is 11.1 Å². The monoisotopic (exact) mass is 386 g/mol. The number of nitrogens with zero attached hydrogens (tertiary/aromatic N) is 2. The Morgan fingerprint density at radius 1 is 1.11 bits per heavy atom. The lowest BCUT2D eigenvalue weighted by atomic mass is 9.76. The molecule has 3 heteroatoms. The van der Waals surface area contributed by atoms with Crippen molar-refractivity contribution in [3.05, 3.63) is 28.8 Å². The van der Waals surface area contributed by atoms with Crippen molar-refractivity contribution in [2.45, 2.75) is 111 Å². The van der Waals surface area contributed by atoms with Gasteiger partial charge >= 0.3 is 0 Å². The summed E-state index contributed by atoms with van der Waals surface area (Å²) >= 11 is 0. The second-order valence-electron chi connectivity index (χ2n) is 10.0. The Kier molecular flexibility index (Phi) is 6.89. The Morgan fingerprint density at radius 2 is 1.68 bits per heavy atom. The molecule has 0 N–H and O–H groups in total. The normalized spacial score (nSPS) is 20.1. The molecule has 28 heavy (non-hydrogen) atoms. The van der Waals surface area contributed by atoms with Gasteiger partial charge in [-0.3, -0.25) is 4.99 Å². The lowest BCUT2D eigenvalue weighted by Crippen LogP contribution is -2.49. The number of methoxy groups -OCH3 is 1. The molecule has 0 atom stereocenters. The van der Waals surface area contributed by atoms with E-state index >= 15 is 0 Å². The molecule has 1 fully saturated rings.